The molecular formula is C17H21FN4O2. The molecule has 1 heterocycles. The summed E-state index contributed by atoms with van der Waals surface area (Å²) in [4.78, 5) is 20.0. The third-order valence-electron chi connectivity index (χ3n) is 4.33. The number of halogens is 1. The molecule has 2 aromatic rings. The van der Waals surface area contributed by atoms with Crippen LogP contribution in [0.3, 0.4) is 0 Å². The van der Waals surface area contributed by atoms with Crippen molar-refractivity contribution in [3.63, 3.8) is 0 Å². The molecule has 0 atom stereocenters. The Bertz CT molecular complexity index is 734. The molecule has 24 heavy (non-hydrogen) atoms. The number of anilines is 1. The summed E-state index contributed by atoms with van der Waals surface area (Å²) in [7, 11) is 1.42. The number of rotatable bonds is 7. The van der Waals surface area contributed by atoms with E-state index in [0.29, 0.717) is 29.8 Å². The van der Waals surface area contributed by atoms with Crippen LogP contribution in [-0.4, -0.2) is 36.1 Å². The number of benzene rings is 1. The monoisotopic (exact) mass is 332 g/mol. The molecule has 6 nitrogen and oxygen atoms in total. The number of fused-ring (bicyclic) bond motifs is 1. The summed E-state index contributed by atoms with van der Waals surface area (Å²) >= 11 is 0. The lowest BCUT2D eigenvalue weighted by Gasteiger charge is -2.24. The third kappa shape index (κ3) is 3.55. The van der Waals surface area contributed by atoms with E-state index in [9.17, 15) is 9.18 Å². The first kappa shape index (κ1) is 16.4. The Kier molecular flexibility index (Phi) is 5.08. The summed E-state index contributed by atoms with van der Waals surface area (Å²) in [6, 6.07) is 2.92. The third-order valence-corrected chi connectivity index (χ3v) is 4.33. The Morgan fingerprint density at radius 1 is 1.33 bits per heavy atom. The quantitative estimate of drug-likeness (QED) is 0.762. The van der Waals surface area contributed by atoms with Crippen molar-refractivity contribution < 1.29 is 13.9 Å². The van der Waals surface area contributed by atoms with Crippen LogP contribution in [-0.2, 0) is 4.79 Å². The Labute approximate surface area is 139 Å². The van der Waals surface area contributed by atoms with Gasteiger partial charge in [-0.15, -0.1) is 0 Å². The number of carbonyl (C=O) groups is 1. The second-order valence-corrected chi connectivity index (χ2v) is 5.93. The van der Waals surface area contributed by atoms with Crippen molar-refractivity contribution in [3.05, 3.63) is 24.3 Å². The highest BCUT2D eigenvalue weighted by Crippen LogP contribution is 2.27. The zero-order valence-electron chi connectivity index (χ0n) is 13.6. The van der Waals surface area contributed by atoms with Gasteiger partial charge in [0.1, 0.15) is 12.1 Å². The van der Waals surface area contributed by atoms with Crippen molar-refractivity contribution in [3.8, 4) is 5.75 Å². The van der Waals surface area contributed by atoms with Crippen LogP contribution in [0.25, 0.3) is 10.9 Å². The molecule has 1 aromatic carbocycles. The molecule has 0 saturated heterocycles. The molecule has 2 N–H and O–H groups in total. The molecule has 1 fully saturated rings. The van der Waals surface area contributed by atoms with Crippen molar-refractivity contribution in [1.82, 2.24) is 15.3 Å². The summed E-state index contributed by atoms with van der Waals surface area (Å²) in [5.41, 5.74) is 0.518. The first-order valence-electron chi connectivity index (χ1n) is 8.19. The van der Waals surface area contributed by atoms with E-state index in [1.165, 1.54) is 19.5 Å². The van der Waals surface area contributed by atoms with Crippen molar-refractivity contribution >= 4 is 22.6 Å². The number of amides is 1. The topological polar surface area (TPSA) is 76.1 Å². The fourth-order valence-electron chi connectivity index (χ4n) is 2.68. The maximum absolute atomic E-state index is 13.7. The number of hydrogen-bond acceptors (Lipinski definition) is 5. The van der Waals surface area contributed by atoms with Crippen molar-refractivity contribution in [2.75, 3.05) is 25.5 Å². The zero-order chi connectivity index (χ0) is 16.9. The number of carbonyl (C=O) groups excluding carboxylic acids is 1. The van der Waals surface area contributed by atoms with E-state index in [2.05, 4.69) is 20.6 Å². The van der Waals surface area contributed by atoms with Crippen molar-refractivity contribution in [1.29, 1.82) is 0 Å². The van der Waals surface area contributed by atoms with Gasteiger partial charge in [-0.1, -0.05) is 6.42 Å². The van der Waals surface area contributed by atoms with Crippen LogP contribution in [0.4, 0.5) is 10.2 Å². The number of hydrogen-bond donors (Lipinski definition) is 2. The first-order chi connectivity index (χ1) is 11.7. The summed E-state index contributed by atoms with van der Waals surface area (Å²) in [5, 5.41) is 6.86. The maximum atomic E-state index is 13.7. The average molecular weight is 332 g/mol. The highest BCUT2D eigenvalue weighted by molar-refractivity contribution is 5.90. The highest BCUT2D eigenvalue weighted by atomic mass is 19.1. The van der Waals surface area contributed by atoms with Crippen molar-refractivity contribution in [2.45, 2.75) is 25.7 Å². The van der Waals surface area contributed by atoms with Crippen LogP contribution in [0.1, 0.15) is 25.7 Å². The van der Waals surface area contributed by atoms with Gasteiger partial charge in [-0.25, -0.2) is 14.4 Å². The molecule has 7 heteroatoms. The van der Waals surface area contributed by atoms with Crippen LogP contribution in [0, 0.1) is 11.7 Å². The highest BCUT2D eigenvalue weighted by Gasteiger charge is 2.24. The number of nitrogens with zero attached hydrogens (tertiary/aromatic N) is 2. The molecule has 3 rings (SSSR count). The molecule has 0 unspecified atom stereocenters. The molecule has 1 aromatic heterocycles. The number of methoxy groups -OCH3 is 1. The lowest BCUT2D eigenvalue weighted by molar-refractivity contribution is -0.127. The van der Waals surface area contributed by atoms with Gasteiger partial charge in [-0.2, -0.15) is 0 Å². The van der Waals surface area contributed by atoms with Crippen molar-refractivity contribution in [2.24, 2.45) is 5.92 Å². The number of nitrogens with one attached hydrogen (secondary N) is 2. The van der Waals surface area contributed by atoms with Gasteiger partial charge in [0.15, 0.2) is 11.6 Å². The summed E-state index contributed by atoms with van der Waals surface area (Å²) in [6.45, 7) is 1.28. The average Bonchev–Trinajstić information content (AvgIpc) is 2.52. The Morgan fingerprint density at radius 2 is 2.17 bits per heavy atom. The largest absolute Gasteiger partial charge is 0.494 e. The van der Waals surface area contributed by atoms with Crippen LogP contribution in [0.15, 0.2) is 18.5 Å². The van der Waals surface area contributed by atoms with Gasteiger partial charge in [-0.3, -0.25) is 4.79 Å². The van der Waals surface area contributed by atoms with E-state index >= 15 is 0 Å². The predicted molar refractivity (Wildman–Crippen MR) is 89.5 cm³/mol. The SMILES string of the molecule is COc1cc2c(NCCCNC(=O)C3CCC3)ncnc2cc1F. The minimum atomic E-state index is -0.451. The minimum absolute atomic E-state index is 0.160. The summed E-state index contributed by atoms with van der Waals surface area (Å²) in [6.07, 6.45) is 5.35. The molecule has 128 valence electrons. The Morgan fingerprint density at radius 3 is 2.88 bits per heavy atom. The standard InChI is InChI=1S/C17H21FN4O2/c1-24-15-8-12-14(9-13(15)18)21-10-22-16(12)19-6-3-7-20-17(23)11-4-2-5-11/h8-11H,2-7H2,1H3,(H,20,23)(H,19,21,22). The predicted octanol–water partition coefficient (Wildman–Crippen LogP) is 2.50. The maximum Gasteiger partial charge on any atom is 0.223 e. The Balaban J connectivity index is 1.55. The Hall–Kier alpha value is -2.44. The van der Waals surface area contributed by atoms with E-state index in [0.717, 1.165) is 25.7 Å². The second-order valence-electron chi connectivity index (χ2n) is 5.93. The summed E-state index contributed by atoms with van der Waals surface area (Å²) in [5.74, 6) is 0.713. The number of ether oxygens (including phenoxy) is 1. The van der Waals surface area contributed by atoms with Gasteiger partial charge in [-0.05, 0) is 25.3 Å². The molecular weight excluding hydrogens is 311 g/mol. The molecule has 0 spiro atoms. The normalized spacial score (nSPS) is 14.2. The molecule has 1 saturated carbocycles. The van der Waals surface area contributed by atoms with E-state index in [-0.39, 0.29) is 17.6 Å². The number of aromatic nitrogens is 2. The van der Waals surface area contributed by atoms with Gasteiger partial charge in [0.25, 0.3) is 0 Å². The van der Waals surface area contributed by atoms with Crippen LogP contribution in [0.2, 0.25) is 0 Å². The smallest absolute Gasteiger partial charge is 0.223 e. The van der Waals surface area contributed by atoms with Gasteiger partial charge in [0, 0.05) is 30.5 Å². The molecule has 1 aliphatic carbocycles. The van der Waals surface area contributed by atoms with E-state index in [1.807, 2.05) is 0 Å². The van der Waals surface area contributed by atoms with Crippen LogP contribution in [0.5, 0.6) is 5.75 Å². The van der Waals surface area contributed by atoms with Gasteiger partial charge in [0.05, 0.1) is 12.6 Å². The minimum Gasteiger partial charge on any atom is -0.494 e. The fraction of sp³-hybridized carbons (Fsp3) is 0.471. The second kappa shape index (κ2) is 7.42. The zero-order valence-corrected chi connectivity index (χ0v) is 13.6. The molecule has 0 radical (unpaired) electrons. The molecule has 0 aliphatic heterocycles. The molecule has 1 amide bonds. The van der Waals surface area contributed by atoms with E-state index in [4.69, 9.17) is 4.74 Å². The lowest BCUT2D eigenvalue weighted by atomic mass is 9.85. The van der Waals surface area contributed by atoms with E-state index < -0.39 is 5.82 Å². The van der Waals surface area contributed by atoms with Gasteiger partial charge in [0.2, 0.25) is 5.91 Å². The molecule has 0 bridgehead atoms. The fourth-order valence-corrected chi connectivity index (χ4v) is 2.68. The van der Waals surface area contributed by atoms with E-state index in [1.54, 1.807) is 6.07 Å². The van der Waals surface area contributed by atoms with Gasteiger partial charge < -0.3 is 15.4 Å². The van der Waals surface area contributed by atoms with Crippen LogP contribution >= 0.6 is 0 Å². The summed E-state index contributed by atoms with van der Waals surface area (Å²) < 4.78 is 18.7. The first-order valence-corrected chi connectivity index (χ1v) is 8.19. The molecule has 1 aliphatic rings. The van der Waals surface area contributed by atoms with Crippen LogP contribution < -0.4 is 15.4 Å². The van der Waals surface area contributed by atoms with Gasteiger partial charge >= 0.3 is 0 Å². The lowest BCUT2D eigenvalue weighted by Crippen LogP contribution is -2.35.